The zero-order valence-electron chi connectivity index (χ0n) is 9.79. The Morgan fingerprint density at radius 2 is 2.12 bits per heavy atom. The van der Waals surface area contributed by atoms with Crippen LogP contribution in [0.1, 0.15) is 31.7 Å². The first kappa shape index (κ1) is 11.6. The number of halogens is 1. The van der Waals surface area contributed by atoms with E-state index in [1.807, 2.05) is 13.0 Å². The van der Waals surface area contributed by atoms with Crippen LogP contribution in [0.15, 0.2) is 24.3 Å². The highest BCUT2D eigenvalue weighted by atomic mass is 19.1. The normalized spacial score (nSPS) is 19.4. The highest BCUT2D eigenvalue weighted by Gasteiger charge is 2.37. The topological polar surface area (TPSA) is 21.3 Å². The standard InChI is InChI=1S/C13H18FNO/c1-3-13(16-2,15-10-8-9-10)11-6-4-5-7-12(11)14/h4-7,10,15H,3,8-9H2,1-2H3/t13-/m0/s1. The van der Waals surface area contributed by atoms with Gasteiger partial charge in [-0.3, -0.25) is 5.32 Å². The van der Waals surface area contributed by atoms with Gasteiger partial charge in [-0.15, -0.1) is 0 Å². The van der Waals surface area contributed by atoms with Crippen molar-refractivity contribution in [2.75, 3.05) is 7.11 Å². The second kappa shape index (κ2) is 4.52. The number of nitrogens with one attached hydrogen (secondary N) is 1. The minimum atomic E-state index is -0.674. The number of ether oxygens (including phenoxy) is 1. The second-order valence-electron chi connectivity index (χ2n) is 4.28. The summed E-state index contributed by atoms with van der Waals surface area (Å²) in [5.41, 5.74) is -0.0705. The first-order chi connectivity index (χ1) is 7.72. The van der Waals surface area contributed by atoms with E-state index in [0.29, 0.717) is 18.0 Å². The van der Waals surface area contributed by atoms with Crippen molar-refractivity contribution < 1.29 is 9.13 Å². The van der Waals surface area contributed by atoms with Crippen LogP contribution in [-0.2, 0) is 10.5 Å². The van der Waals surface area contributed by atoms with Crippen LogP contribution >= 0.6 is 0 Å². The van der Waals surface area contributed by atoms with Gasteiger partial charge >= 0.3 is 0 Å². The summed E-state index contributed by atoms with van der Waals surface area (Å²) in [6, 6.07) is 7.28. The lowest BCUT2D eigenvalue weighted by Gasteiger charge is -2.33. The van der Waals surface area contributed by atoms with Crippen molar-refractivity contribution in [2.24, 2.45) is 0 Å². The first-order valence-corrected chi connectivity index (χ1v) is 5.79. The van der Waals surface area contributed by atoms with Gasteiger partial charge in [0.25, 0.3) is 0 Å². The third-order valence-corrected chi connectivity index (χ3v) is 3.17. The van der Waals surface area contributed by atoms with Crippen LogP contribution in [0.5, 0.6) is 0 Å². The highest BCUT2D eigenvalue weighted by Crippen LogP contribution is 2.33. The molecule has 0 spiro atoms. The average molecular weight is 223 g/mol. The Morgan fingerprint density at radius 3 is 2.62 bits per heavy atom. The summed E-state index contributed by atoms with van der Waals surface area (Å²) < 4.78 is 19.4. The molecule has 1 fully saturated rings. The second-order valence-corrected chi connectivity index (χ2v) is 4.28. The van der Waals surface area contributed by atoms with Crippen LogP contribution in [-0.4, -0.2) is 13.2 Å². The van der Waals surface area contributed by atoms with Crippen LogP contribution in [0.25, 0.3) is 0 Å². The molecule has 1 N–H and O–H groups in total. The van der Waals surface area contributed by atoms with Gasteiger partial charge in [0.2, 0.25) is 0 Å². The molecule has 88 valence electrons. The molecule has 1 aromatic carbocycles. The molecule has 0 saturated heterocycles. The van der Waals surface area contributed by atoms with E-state index in [0.717, 1.165) is 12.8 Å². The van der Waals surface area contributed by atoms with Gasteiger partial charge in [0.1, 0.15) is 11.5 Å². The number of rotatable bonds is 5. The van der Waals surface area contributed by atoms with E-state index in [-0.39, 0.29) is 5.82 Å². The molecule has 3 heteroatoms. The Hall–Kier alpha value is -0.930. The van der Waals surface area contributed by atoms with Gasteiger partial charge in [-0.1, -0.05) is 25.1 Å². The third-order valence-electron chi connectivity index (χ3n) is 3.17. The highest BCUT2D eigenvalue weighted by molar-refractivity contribution is 5.24. The molecule has 0 bridgehead atoms. The predicted octanol–water partition coefficient (Wildman–Crippen LogP) is 2.79. The molecule has 1 aliphatic carbocycles. The van der Waals surface area contributed by atoms with E-state index in [2.05, 4.69) is 5.32 Å². The van der Waals surface area contributed by atoms with Crippen molar-refractivity contribution in [3.05, 3.63) is 35.6 Å². The molecule has 2 nitrogen and oxygen atoms in total. The molecule has 2 rings (SSSR count). The van der Waals surface area contributed by atoms with E-state index in [4.69, 9.17) is 4.74 Å². The zero-order chi connectivity index (χ0) is 11.6. The van der Waals surface area contributed by atoms with Crippen LogP contribution in [0.2, 0.25) is 0 Å². The molecule has 16 heavy (non-hydrogen) atoms. The molecule has 1 saturated carbocycles. The SMILES string of the molecule is CC[C@](NC1CC1)(OC)c1ccccc1F. The number of methoxy groups -OCH3 is 1. The van der Waals surface area contributed by atoms with Crippen LogP contribution in [0.4, 0.5) is 4.39 Å². The smallest absolute Gasteiger partial charge is 0.147 e. The van der Waals surface area contributed by atoms with E-state index in [1.54, 1.807) is 19.2 Å². The lowest BCUT2D eigenvalue weighted by Crippen LogP contribution is -2.45. The minimum Gasteiger partial charge on any atom is -0.359 e. The van der Waals surface area contributed by atoms with E-state index in [1.165, 1.54) is 6.07 Å². The van der Waals surface area contributed by atoms with Crippen molar-refractivity contribution >= 4 is 0 Å². The van der Waals surface area contributed by atoms with Crippen molar-refractivity contribution in [1.82, 2.24) is 5.32 Å². The number of benzene rings is 1. The zero-order valence-corrected chi connectivity index (χ0v) is 9.79. The molecular weight excluding hydrogens is 205 g/mol. The average Bonchev–Trinajstić information content (AvgIpc) is 3.11. The molecular formula is C13H18FNO. The van der Waals surface area contributed by atoms with Gasteiger partial charge in [0.05, 0.1) is 0 Å². The quantitative estimate of drug-likeness (QED) is 0.775. The molecule has 1 atom stereocenters. The van der Waals surface area contributed by atoms with Gasteiger partial charge in [0.15, 0.2) is 0 Å². The Morgan fingerprint density at radius 1 is 1.44 bits per heavy atom. The maximum absolute atomic E-state index is 13.8. The van der Waals surface area contributed by atoms with Crippen LogP contribution in [0.3, 0.4) is 0 Å². The van der Waals surface area contributed by atoms with Gasteiger partial charge in [-0.25, -0.2) is 4.39 Å². The molecule has 1 aromatic rings. The van der Waals surface area contributed by atoms with Gasteiger partial charge < -0.3 is 4.74 Å². The van der Waals surface area contributed by atoms with Gasteiger partial charge in [-0.05, 0) is 25.3 Å². The fourth-order valence-corrected chi connectivity index (χ4v) is 2.03. The molecule has 0 aliphatic heterocycles. The lowest BCUT2D eigenvalue weighted by molar-refractivity contribution is -0.0527. The molecule has 0 unspecified atom stereocenters. The largest absolute Gasteiger partial charge is 0.359 e. The van der Waals surface area contributed by atoms with Crippen molar-refractivity contribution in [3.8, 4) is 0 Å². The number of hydrogen-bond donors (Lipinski definition) is 1. The number of hydrogen-bond acceptors (Lipinski definition) is 2. The van der Waals surface area contributed by atoms with Gasteiger partial charge in [-0.2, -0.15) is 0 Å². The lowest BCUT2D eigenvalue weighted by atomic mass is 9.99. The summed E-state index contributed by atoms with van der Waals surface area (Å²) in [6.07, 6.45) is 3.01. The molecule has 0 heterocycles. The maximum atomic E-state index is 13.8. The Labute approximate surface area is 95.8 Å². The summed E-state index contributed by atoms with van der Waals surface area (Å²) in [5.74, 6) is -0.209. The van der Waals surface area contributed by atoms with E-state index >= 15 is 0 Å². The minimum absolute atomic E-state index is 0.209. The molecule has 0 radical (unpaired) electrons. The fourth-order valence-electron chi connectivity index (χ4n) is 2.03. The van der Waals surface area contributed by atoms with E-state index < -0.39 is 5.72 Å². The summed E-state index contributed by atoms with van der Waals surface area (Å²) in [4.78, 5) is 0. The molecule has 0 amide bonds. The first-order valence-electron chi connectivity index (χ1n) is 5.79. The summed E-state index contributed by atoms with van der Waals surface area (Å²) in [5, 5.41) is 3.40. The summed E-state index contributed by atoms with van der Waals surface area (Å²) in [7, 11) is 1.63. The Bertz CT molecular complexity index is 359. The van der Waals surface area contributed by atoms with Crippen molar-refractivity contribution in [2.45, 2.75) is 38.0 Å². The van der Waals surface area contributed by atoms with Crippen LogP contribution in [0, 0.1) is 5.82 Å². The van der Waals surface area contributed by atoms with E-state index in [9.17, 15) is 4.39 Å². The summed E-state index contributed by atoms with van der Waals surface area (Å²) >= 11 is 0. The van der Waals surface area contributed by atoms with Crippen LogP contribution < -0.4 is 5.32 Å². The summed E-state index contributed by atoms with van der Waals surface area (Å²) in [6.45, 7) is 2.01. The monoisotopic (exact) mass is 223 g/mol. The molecule has 1 aliphatic rings. The predicted molar refractivity (Wildman–Crippen MR) is 61.5 cm³/mol. The molecule has 0 aromatic heterocycles. The fraction of sp³-hybridized carbons (Fsp3) is 0.538. The Balaban J connectivity index is 2.33. The third kappa shape index (κ3) is 2.11. The van der Waals surface area contributed by atoms with Crippen molar-refractivity contribution in [1.29, 1.82) is 0 Å². The van der Waals surface area contributed by atoms with Gasteiger partial charge in [0, 0.05) is 18.7 Å². The van der Waals surface area contributed by atoms with Crippen molar-refractivity contribution in [3.63, 3.8) is 0 Å². The Kier molecular flexibility index (Phi) is 3.26. The maximum Gasteiger partial charge on any atom is 0.147 e.